The van der Waals surface area contributed by atoms with Crippen molar-refractivity contribution in [2.75, 3.05) is 10.0 Å². The van der Waals surface area contributed by atoms with E-state index in [1.54, 1.807) is 23.3 Å². The Labute approximate surface area is 150 Å². The first-order valence-corrected chi connectivity index (χ1v) is 9.26. The van der Waals surface area contributed by atoms with Gasteiger partial charge in [0.25, 0.3) is 5.91 Å². The van der Waals surface area contributed by atoms with E-state index in [1.807, 2.05) is 61.7 Å². The van der Waals surface area contributed by atoms with E-state index >= 15 is 0 Å². The van der Waals surface area contributed by atoms with Gasteiger partial charge >= 0.3 is 0 Å². The van der Waals surface area contributed by atoms with Gasteiger partial charge in [0.05, 0.1) is 4.21 Å². The van der Waals surface area contributed by atoms with E-state index in [4.69, 9.17) is 0 Å². The summed E-state index contributed by atoms with van der Waals surface area (Å²) in [4.78, 5) is 12.5. The Balaban J connectivity index is 1.69. The molecule has 0 bridgehead atoms. The van der Waals surface area contributed by atoms with Crippen LogP contribution >= 0.6 is 23.3 Å². The molecule has 122 valence electrons. The summed E-state index contributed by atoms with van der Waals surface area (Å²) < 4.78 is 4.45. The lowest BCUT2D eigenvalue weighted by molar-refractivity contribution is 0.102. The number of rotatable bonds is 5. The number of aryl methyl sites for hydroxylation is 2. The van der Waals surface area contributed by atoms with Crippen LogP contribution in [0.25, 0.3) is 0 Å². The van der Waals surface area contributed by atoms with Crippen molar-refractivity contribution in [3.8, 4) is 0 Å². The average molecular weight is 355 g/mol. The fourth-order valence-corrected chi connectivity index (χ4v) is 3.73. The van der Waals surface area contributed by atoms with Gasteiger partial charge in [0.15, 0.2) is 0 Å². The van der Waals surface area contributed by atoms with Gasteiger partial charge < -0.3 is 10.0 Å². The third-order valence-electron chi connectivity index (χ3n) is 3.52. The molecule has 0 aliphatic carbocycles. The van der Waals surface area contributed by atoms with Crippen molar-refractivity contribution in [2.45, 2.75) is 18.1 Å². The first-order valence-electron chi connectivity index (χ1n) is 7.57. The maximum absolute atomic E-state index is 12.5. The summed E-state index contributed by atoms with van der Waals surface area (Å²) in [5.41, 5.74) is 4.62. The molecule has 1 amide bonds. The van der Waals surface area contributed by atoms with Gasteiger partial charge in [-0.3, -0.25) is 4.79 Å². The Morgan fingerprint density at radius 3 is 2.67 bits per heavy atom. The molecule has 0 aliphatic rings. The molecule has 1 heterocycles. The van der Waals surface area contributed by atoms with Crippen LogP contribution in [0.5, 0.6) is 0 Å². The first kappa shape index (κ1) is 16.6. The van der Waals surface area contributed by atoms with Gasteiger partial charge in [0.2, 0.25) is 0 Å². The van der Waals surface area contributed by atoms with Gasteiger partial charge in [-0.1, -0.05) is 29.8 Å². The molecule has 2 aromatic carbocycles. The second-order valence-electron chi connectivity index (χ2n) is 5.49. The zero-order valence-electron chi connectivity index (χ0n) is 13.5. The van der Waals surface area contributed by atoms with Crippen LogP contribution < -0.4 is 10.0 Å². The Hall–Kier alpha value is -2.24. The van der Waals surface area contributed by atoms with Crippen LogP contribution in [0.3, 0.4) is 0 Å². The Kier molecular flexibility index (Phi) is 5.23. The van der Waals surface area contributed by atoms with Crippen molar-refractivity contribution in [1.82, 2.24) is 0 Å². The van der Waals surface area contributed by atoms with E-state index in [0.29, 0.717) is 5.56 Å². The van der Waals surface area contributed by atoms with Crippen LogP contribution in [0.1, 0.15) is 21.5 Å². The number of carbonyl (C=O) groups is 1. The summed E-state index contributed by atoms with van der Waals surface area (Å²) in [5.74, 6) is -0.105. The largest absolute Gasteiger partial charge is 0.325 e. The molecule has 0 radical (unpaired) electrons. The van der Waals surface area contributed by atoms with E-state index in [9.17, 15) is 4.79 Å². The number of carbonyl (C=O) groups excluding carboxylic acids is 1. The number of hydrogen-bond acceptors (Lipinski definition) is 4. The fraction of sp³-hybridized carbons (Fsp3) is 0.105. The molecule has 0 saturated carbocycles. The fourth-order valence-electron chi connectivity index (χ4n) is 2.30. The van der Waals surface area contributed by atoms with Gasteiger partial charge in [-0.05, 0) is 67.1 Å². The number of hydrogen-bond donors (Lipinski definition) is 2. The molecule has 24 heavy (non-hydrogen) atoms. The minimum Gasteiger partial charge on any atom is -0.325 e. The lowest BCUT2D eigenvalue weighted by atomic mass is 10.1. The zero-order valence-corrected chi connectivity index (χ0v) is 15.1. The molecule has 3 rings (SSSR count). The molecule has 1 aromatic heterocycles. The quantitative estimate of drug-likeness (QED) is 0.574. The van der Waals surface area contributed by atoms with E-state index in [-0.39, 0.29) is 5.91 Å². The van der Waals surface area contributed by atoms with E-state index in [2.05, 4.69) is 22.2 Å². The molecule has 0 unspecified atom stereocenters. The second kappa shape index (κ2) is 7.55. The molecular formula is C19H18N2OS2. The molecule has 0 fully saturated rings. The van der Waals surface area contributed by atoms with Gasteiger partial charge in [0, 0.05) is 16.9 Å². The van der Waals surface area contributed by atoms with Gasteiger partial charge in [-0.25, -0.2) is 0 Å². The molecule has 3 nitrogen and oxygen atoms in total. The van der Waals surface area contributed by atoms with E-state index < -0.39 is 0 Å². The maximum atomic E-state index is 12.5. The van der Waals surface area contributed by atoms with Crippen LogP contribution in [0.2, 0.25) is 0 Å². The van der Waals surface area contributed by atoms with Crippen molar-refractivity contribution in [3.63, 3.8) is 0 Å². The standard InChI is InChI=1S/C19H18N2OS2/c1-13-8-9-17(14(2)11-13)20-19(22)15-5-3-6-16(12-15)21-24-18-7-4-10-23-18/h3-12,21H,1-2H3,(H,20,22). The minimum absolute atomic E-state index is 0.105. The molecule has 5 heteroatoms. The first-order chi connectivity index (χ1) is 11.6. The molecule has 0 saturated heterocycles. The zero-order chi connectivity index (χ0) is 16.9. The minimum atomic E-state index is -0.105. The lowest BCUT2D eigenvalue weighted by Crippen LogP contribution is -2.12. The Morgan fingerprint density at radius 1 is 1.04 bits per heavy atom. The van der Waals surface area contributed by atoms with Crippen LogP contribution in [0.15, 0.2) is 64.2 Å². The summed E-state index contributed by atoms with van der Waals surface area (Å²) in [5, 5.41) is 5.02. The normalized spacial score (nSPS) is 10.4. The summed E-state index contributed by atoms with van der Waals surface area (Å²) >= 11 is 3.22. The van der Waals surface area contributed by atoms with Crippen LogP contribution in [-0.2, 0) is 0 Å². The number of nitrogens with one attached hydrogen (secondary N) is 2. The SMILES string of the molecule is Cc1ccc(NC(=O)c2cccc(NSc3cccs3)c2)c(C)c1. The topological polar surface area (TPSA) is 41.1 Å². The highest BCUT2D eigenvalue weighted by atomic mass is 32.2. The van der Waals surface area contributed by atoms with Crippen molar-refractivity contribution >= 4 is 40.6 Å². The van der Waals surface area contributed by atoms with Crippen molar-refractivity contribution in [2.24, 2.45) is 0 Å². The van der Waals surface area contributed by atoms with Crippen molar-refractivity contribution in [3.05, 3.63) is 76.7 Å². The predicted molar refractivity (Wildman–Crippen MR) is 104 cm³/mol. The second-order valence-corrected chi connectivity index (χ2v) is 7.54. The van der Waals surface area contributed by atoms with Gasteiger partial charge in [-0.15, -0.1) is 11.3 Å². The van der Waals surface area contributed by atoms with Crippen molar-refractivity contribution < 1.29 is 4.79 Å². The summed E-state index contributed by atoms with van der Waals surface area (Å²) in [6.45, 7) is 4.04. The highest BCUT2D eigenvalue weighted by Gasteiger charge is 2.08. The third-order valence-corrected chi connectivity index (χ3v) is 5.39. The number of amides is 1. The highest BCUT2D eigenvalue weighted by Crippen LogP contribution is 2.26. The summed E-state index contributed by atoms with van der Waals surface area (Å²) in [6, 6.07) is 17.6. The number of thiophene rings is 1. The van der Waals surface area contributed by atoms with E-state index in [0.717, 1.165) is 16.9 Å². The smallest absolute Gasteiger partial charge is 0.255 e. The van der Waals surface area contributed by atoms with Crippen LogP contribution in [0.4, 0.5) is 11.4 Å². The van der Waals surface area contributed by atoms with Crippen LogP contribution in [0, 0.1) is 13.8 Å². The molecule has 2 N–H and O–H groups in total. The van der Waals surface area contributed by atoms with Crippen molar-refractivity contribution in [1.29, 1.82) is 0 Å². The molecule has 3 aromatic rings. The monoisotopic (exact) mass is 354 g/mol. The van der Waals surface area contributed by atoms with Crippen LogP contribution in [-0.4, -0.2) is 5.91 Å². The number of benzene rings is 2. The Morgan fingerprint density at radius 2 is 1.92 bits per heavy atom. The summed E-state index contributed by atoms with van der Waals surface area (Å²) in [6.07, 6.45) is 0. The number of anilines is 2. The predicted octanol–water partition coefficient (Wildman–Crippen LogP) is 5.74. The third kappa shape index (κ3) is 4.19. The van der Waals surface area contributed by atoms with E-state index in [1.165, 1.54) is 9.77 Å². The molecule has 0 atom stereocenters. The summed E-state index contributed by atoms with van der Waals surface area (Å²) in [7, 11) is 0. The maximum Gasteiger partial charge on any atom is 0.255 e. The lowest BCUT2D eigenvalue weighted by Gasteiger charge is -2.10. The van der Waals surface area contributed by atoms with Gasteiger partial charge in [-0.2, -0.15) is 0 Å². The molecule has 0 aliphatic heterocycles. The van der Waals surface area contributed by atoms with Gasteiger partial charge in [0.1, 0.15) is 0 Å². The average Bonchev–Trinajstić information content (AvgIpc) is 3.09. The molecule has 0 spiro atoms. The highest BCUT2D eigenvalue weighted by molar-refractivity contribution is 8.02. The Bertz CT molecular complexity index is 844. The molecular weight excluding hydrogens is 336 g/mol.